The van der Waals surface area contributed by atoms with Crippen molar-refractivity contribution in [2.45, 2.75) is 94.5 Å². The number of rotatable bonds is 6. The molecule has 2 fully saturated rings. The number of amides is 1. The Hall–Kier alpha value is -2.29. The molecule has 2 aliphatic rings. The second kappa shape index (κ2) is 9.88. The van der Waals surface area contributed by atoms with Gasteiger partial charge in [0.05, 0.1) is 15.5 Å². The number of nitrogens with one attached hydrogen (secondary N) is 2. The Morgan fingerprint density at radius 1 is 0.944 bits per heavy atom. The summed E-state index contributed by atoms with van der Waals surface area (Å²) >= 11 is 1.44. The molecule has 0 radical (unpaired) electrons. The third kappa shape index (κ3) is 5.22. The normalized spacial score (nSPS) is 17.8. The standard InChI is InChI=1S/C28H35N3O3S2/c1-28(2,3)31-36(33,34)23-17-16-22(20-14-7-8-15-21(20)23)25-24(18-10-9-11-18)30-27(35-25)26(32)29-19-12-5-4-6-13-19/h7-8,14-19,31H,4-6,9-13H2,1-3H3,(H,29,32). The van der Waals surface area contributed by atoms with E-state index < -0.39 is 15.6 Å². The molecule has 0 bridgehead atoms. The van der Waals surface area contributed by atoms with Crippen LogP contribution < -0.4 is 10.0 Å². The summed E-state index contributed by atoms with van der Waals surface area (Å²) in [6.07, 6.45) is 8.93. The molecule has 5 rings (SSSR count). The maximum absolute atomic E-state index is 13.2. The molecular formula is C28H35N3O3S2. The van der Waals surface area contributed by atoms with Gasteiger partial charge in [0, 0.05) is 28.4 Å². The molecular weight excluding hydrogens is 490 g/mol. The molecule has 0 atom stereocenters. The van der Waals surface area contributed by atoms with E-state index in [1.54, 1.807) is 6.07 Å². The van der Waals surface area contributed by atoms with Gasteiger partial charge in [-0.15, -0.1) is 11.3 Å². The molecule has 6 nitrogen and oxygen atoms in total. The quantitative estimate of drug-likeness (QED) is 0.391. The Bertz CT molecular complexity index is 1380. The summed E-state index contributed by atoms with van der Waals surface area (Å²) in [6.45, 7) is 5.51. The van der Waals surface area contributed by atoms with Gasteiger partial charge >= 0.3 is 0 Å². The van der Waals surface area contributed by atoms with Gasteiger partial charge in [0.1, 0.15) is 0 Å². The second-order valence-corrected chi connectivity index (χ2v) is 13.8. The van der Waals surface area contributed by atoms with E-state index in [1.165, 1.54) is 24.2 Å². The number of hydrogen-bond acceptors (Lipinski definition) is 5. The Morgan fingerprint density at radius 3 is 2.28 bits per heavy atom. The molecule has 2 aliphatic carbocycles. The van der Waals surface area contributed by atoms with Crippen molar-refractivity contribution in [3.8, 4) is 10.4 Å². The fourth-order valence-corrected chi connectivity index (χ4v) is 7.96. The van der Waals surface area contributed by atoms with E-state index in [-0.39, 0.29) is 16.8 Å². The van der Waals surface area contributed by atoms with E-state index in [4.69, 9.17) is 4.98 Å². The largest absolute Gasteiger partial charge is 0.347 e. The van der Waals surface area contributed by atoms with Gasteiger partial charge in [0.2, 0.25) is 10.0 Å². The molecule has 3 aromatic rings. The van der Waals surface area contributed by atoms with E-state index in [9.17, 15) is 13.2 Å². The Labute approximate surface area is 218 Å². The van der Waals surface area contributed by atoms with Crippen molar-refractivity contribution in [1.29, 1.82) is 0 Å². The lowest BCUT2D eigenvalue weighted by molar-refractivity contribution is 0.0927. The maximum atomic E-state index is 13.2. The van der Waals surface area contributed by atoms with Crippen LogP contribution in [0, 0.1) is 0 Å². The van der Waals surface area contributed by atoms with Crippen molar-refractivity contribution in [3.63, 3.8) is 0 Å². The molecule has 1 heterocycles. The number of nitrogens with zero attached hydrogens (tertiary/aromatic N) is 1. The van der Waals surface area contributed by atoms with E-state index in [0.717, 1.165) is 60.0 Å². The number of sulfonamides is 1. The van der Waals surface area contributed by atoms with E-state index in [1.807, 2.05) is 51.1 Å². The van der Waals surface area contributed by atoms with Crippen molar-refractivity contribution in [1.82, 2.24) is 15.0 Å². The first-order valence-electron chi connectivity index (χ1n) is 13.0. The van der Waals surface area contributed by atoms with Crippen molar-refractivity contribution < 1.29 is 13.2 Å². The highest BCUT2D eigenvalue weighted by Crippen LogP contribution is 2.45. The monoisotopic (exact) mass is 525 g/mol. The first kappa shape index (κ1) is 25.4. The number of thiazole rings is 1. The Morgan fingerprint density at radius 2 is 1.64 bits per heavy atom. The number of carbonyl (C=O) groups is 1. The minimum Gasteiger partial charge on any atom is -0.347 e. The highest BCUT2D eigenvalue weighted by atomic mass is 32.2. The van der Waals surface area contributed by atoms with Crippen molar-refractivity contribution in [2.24, 2.45) is 0 Å². The SMILES string of the molecule is CC(C)(C)NS(=O)(=O)c1ccc(-c2sc(C(=O)NC3CCCCC3)nc2C2CCC2)c2ccccc12. The minimum absolute atomic E-state index is 0.0865. The van der Waals surface area contributed by atoms with Gasteiger partial charge in [-0.3, -0.25) is 4.79 Å². The lowest BCUT2D eigenvalue weighted by atomic mass is 9.81. The second-order valence-electron chi connectivity index (χ2n) is 11.2. The summed E-state index contributed by atoms with van der Waals surface area (Å²) in [7, 11) is -3.71. The molecule has 1 amide bonds. The van der Waals surface area contributed by atoms with Crippen LogP contribution in [0.1, 0.15) is 93.6 Å². The molecule has 2 saturated carbocycles. The molecule has 0 saturated heterocycles. The summed E-state index contributed by atoms with van der Waals surface area (Å²) in [6, 6.07) is 11.4. The fraction of sp³-hybridized carbons (Fsp3) is 0.500. The summed E-state index contributed by atoms with van der Waals surface area (Å²) in [5.41, 5.74) is 1.33. The molecule has 1 aromatic heterocycles. The smallest absolute Gasteiger partial charge is 0.280 e. The highest BCUT2D eigenvalue weighted by molar-refractivity contribution is 7.89. The van der Waals surface area contributed by atoms with Gasteiger partial charge in [-0.2, -0.15) is 0 Å². The van der Waals surface area contributed by atoms with E-state index >= 15 is 0 Å². The maximum Gasteiger partial charge on any atom is 0.280 e. The van der Waals surface area contributed by atoms with Crippen LogP contribution in [0.2, 0.25) is 0 Å². The molecule has 2 N–H and O–H groups in total. The van der Waals surface area contributed by atoms with Gasteiger partial charge in [0.25, 0.3) is 5.91 Å². The van der Waals surface area contributed by atoms with Gasteiger partial charge in [-0.25, -0.2) is 18.1 Å². The van der Waals surface area contributed by atoms with E-state index in [0.29, 0.717) is 16.3 Å². The van der Waals surface area contributed by atoms with Crippen LogP contribution >= 0.6 is 11.3 Å². The number of carbonyl (C=O) groups excluding carboxylic acids is 1. The predicted octanol–water partition coefficient (Wildman–Crippen LogP) is 6.37. The van der Waals surface area contributed by atoms with Gasteiger partial charge in [-0.05, 0) is 57.9 Å². The van der Waals surface area contributed by atoms with Crippen LogP contribution in [-0.2, 0) is 10.0 Å². The number of benzene rings is 2. The minimum atomic E-state index is -3.71. The summed E-state index contributed by atoms with van der Waals surface area (Å²) < 4.78 is 29.3. The Balaban J connectivity index is 1.57. The first-order chi connectivity index (χ1) is 17.1. The van der Waals surface area contributed by atoms with Crippen LogP contribution in [0.4, 0.5) is 0 Å². The highest BCUT2D eigenvalue weighted by Gasteiger charge is 2.31. The number of hydrogen-bond donors (Lipinski definition) is 2. The lowest BCUT2D eigenvalue weighted by Gasteiger charge is -2.25. The van der Waals surface area contributed by atoms with Crippen LogP contribution in [-0.4, -0.2) is 30.9 Å². The van der Waals surface area contributed by atoms with Crippen molar-refractivity contribution in [3.05, 3.63) is 47.1 Å². The third-order valence-electron chi connectivity index (χ3n) is 7.14. The molecule has 192 valence electrons. The molecule has 0 aliphatic heterocycles. The zero-order chi connectivity index (χ0) is 25.5. The lowest BCUT2D eigenvalue weighted by Crippen LogP contribution is -2.40. The Kier molecular flexibility index (Phi) is 6.96. The van der Waals surface area contributed by atoms with Crippen molar-refractivity contribution >= 4 is 38.0 Å². The zero-order valence-electron chi connectivity index (χ0n) is 21.3. The third-order valence-corrected chi connectivity index (χ3v) is 10.1. The fourth-order valence-electron chi connectivity index (χ4n) is 5.24. The zero-order valence-corrected chi connectivity index (χ0v) is 22.9. The predicted molar refractivity (Wildman–Crippen MR) is 146 cm³/mol. The van der Waals surface area contributed by atoms with Crippen molar-refractivity contribution in [2.75, 3.05) is 0 Å². The van der Waals surface area contributed by atoms with Crippen LogP contribution in [0.5, 0.6) is 0 Å². The van der Waals surface area contributed by atoms with Crippen LogP contribution in [0.15, 0.2) is 41.3 Å². The summed E-state index contributed by atoms with van der Waals surface area (Å²) in [4.78, 5) is 19.3. The molecule has 2 aromatic carbocycles. The van der Waals surface area contributed by atoms with Crippen LogP contribution in [0.25, 0.3) is 21.2 Å². The molecule has 0 spiro atoms. The molecule has 0 unspecified atom stereocenters. The average Bonchev–Trinajstić information content (AvgIpc) is 3.21. The van der Waals surface area contributed by atoms with Crippen LogP contribution in [0.3, 0.4) is 0 Å². The van der Waals surface area contributed by atoms with Gasteiger partial charge in [0.15, 0.2) is 5.01 Å². The summed E-state index contributed by atoms with van der Waals surface area (Å²) in [5.74, 6) is 0.258. The first-order valence-corrected chi connectivity index (χ1v) is 15.3. The van der Waals surface area contributed by atoms with Gasteiger partial charge < -0.3 is 5.32 Å². The summed E-state index contributed by atoms with van der Waals surface area (Å²) in [5, 5.41) is 5.25. The van der Waals surface area contributed by atoms with Gasteiger partial charge in [-0.1, -0.05) is 56.0 Å². The topological polar surface area (TPSA) is 88.2 Å². The molecule has 36 heavy (non-hydrogen) atoms. The number of aromatic nitrogens is 1. The van der Waals surface area contributed by atoms with E-state index in [2.05, 4.69) is 10.0 Å². The number of fused-ring (bicyclic) bond motifs is 1. The molecule has 8 heteroatoms. The average molecular weight is 526 g/mol.